The normalized spacial score (nSPS) is 21.8. The predicted octanol–water partition coefficient (Wildman–Crippen LogP) is 0.802. The highest BCUT2D eigenvalue weighted by Crippen LogP contribution is 2.15. The first-order valence-electron chi connectivity index (χ1n) is 6.72. The molecule has 112 valence electrons. The van der Waals surface area contributed by atoms with Gasteiger partial charge in [-0.05, 0) is 27.7 Å². The molecule has 1 aliphatic rings. The highest BCUT2D eigenvalue weighted by atomic mass is 32.2. The molecule has 0 radical (unpaired) electrons. The molecule has 0 saturated carbocycles. The van der Waals surface area contributed by atoms with Gasteiger partial charge in [0.1, 0.15) is 0 Å². The molecule has 0 aliphatic carbocycles. The van der Waals surface area contributed by atoms with Crippen molar-refractivity contribution in [1.29, 1.82) is 0 Å². The summed E-state index contributed by atoms with van der Waals surface area (Å²) in [5, 5.41) is 0. The molecule has 19 heavy (non-hydrogen) atoms. The quantitative estimate of drug-likeness (QED) is 0.773. The SMILES string of the molecule is CCS(=O)(=O)N1CCN(C(=O)N(C)C(C)C)[C@H](C)C1. The largest absolute Gasteiger partial charge is 0.325 e. The predicted molar refractivity (Wildman–Crippen MR) is 75.5 cm³/mol. The molecule has 7 heteroatoms. The summed E-state index contributed by atoms with van der Waals surface area (Å²) in [6.07, 6.45) is 0. The maximum Gasteiger partial charge on any atom is 0.320 e. The molecule has 0 spiro atoms. The molecule has 6 nitrogen and oxygen atoms in total. The molecular weight excluding hydrogens is 266 g/mol. The number of rotatable bonds is 3. The topological polar surface area (TPSA) is 60.9 Å². The Labute approximate surface area is 116 Å². The van der Waals surface area contributed by atoms with Crippen LogP contribution in [-0.4, -0.2) is 73.1 Å². The molecule has 0 N–H and O–H groups in total. The lowest BCUT2D eigenvalue weighted by molar-refractivity contribution is 0.107. The fourth-order valence-corrected chi connectivity index (χ4v) is 3.23. The Balaban J connectivity index is 2.73. The van der Waals surface area contributed by atoms with Crippen molar-refractivity contribution in [3.05, 3.63) is 0 Å². The van der Waals surface area contributed by atoms with Crippen molar-refractivity contribution in [2.75, 3.05) is 32.4 Å². The van der Waals surface area contributed by atoms with Crippen LogP contribution >= 0.6 is 0 Å². The van der Waals surface area contributed by atoms with Crippen LogP contribution in [0.25, 0.3) is 0 Å². The van der Waals surface area contributed by atoms with Gasteiger partial charge < -0.3 is 9.80 Å². The van der Waals surface area contributed by atoms with Crippen LogP contribution in [0.15, 0.2) is 0 Å². The van der Waals surface area contributed by atoms with Crippen molar-refractivity contribution in [2.24, 2.45) is 0 Å². The Hall–Kier alpha value is -0.820. The maximum atomic E-state index is 12.3. The van der Waals surface area contributed by atoms with Gasteiger partial charge in [-0.2, -0.15) is 4.31 Å². The van der Waals surface area contributed by atoms with Crippen LogP contribution < -0.4 is 0 Å². The maximum absolute atomic E-state index is 12.3. The van der Waals surface area contributed by atoms with Crippen LogP contribution in [-0.2, 0) is 10.0 Å². The van der Waals surface area contributed by atoms with E-state index in [1.807, 2.05) is 20.8 Å². The van der Waals surface area contributed by atoms with Crippen LogP contribution in [0.2, 0.25) is 0 Å². The van der Waals surface area contributed by atoms with Crippen molar-refractivity contribution in [1.82, 2.24) is 14.1 Å². The Bertz CT molecular complexity index is 422. The van der Waals surface area contributed by atoms with Gasteiger partial charge in [0.05, 0.1) is 5.75 Å². The number of hydrogen-bond donors (Lipinski definition) is 0. The standard InChI is InChI=1S/C12H25N3O3S/c1-6-19(17,18)14-7-8-15(11(4)9-14)12(16)13(5)10(2)3/h10-11H,6-9H2,1-5H3/t11-/m1/s1. The number of urea groups is 1. The van der Waals surface area contributed by atoms with Crippen molar-refractivity contribution in [2.45, 2.75) is 39.8 Å². The Kier molecular flexibility index (Phi) is 5.20. The first kappa shape index (κ1) is 16.2. The van der Waals surface area contributed by atoms with Gasteiger partial charge in [0.2, 0.25) is 10.0 Å². The van der Waals surface area contributed by atoms with Gasteiger partial charge in [-0.1, -0.05) is 0 Å². The van der Waals surface area contributed by atoms with Crippen LogP contribution in [0.4, 0.5) is 4.79 Å². The fraction of sp³-hybridized carbons (Fsp3) is 0.917. The van der Waals surface area contributed by atoms with Gasteiger partial charge in [-0.3, -0.25) is 0 Å². The lowest BCUT2D eigenvalue weighted by atomic mass is 10.2. The molecule has 0 unspecified atom stereocenters. The van der Waals surface area contributed by atoms with Crippen molar-refractivity contribution < 1.29 is 13.2 Å². The summed E-state index contributed by atoms with van der Waals surface area (Å²) >= 11 is 0. The molecule has 0 aromatic heterocycles. The Morgan fingerprint density at radius 1 is 1.37 bits per heavy atom. The monoisotopic (exact) mass is 291 g/mol. The van der Waals surface area contributed by atoms with Gasteiger partial charge >= 0.3 is 6.03 Å². The van der Waals surface area contributed by atoms with E-state index in [0.717, 1.165) is 0 Å². The molecule has 1 fully saturated rings. The Morgan fingerprint density at radius 3 is 2.37 bits per heavy atom. The molecule has 1 heterocycles. The lowest BCUT2D eigenvalue weighted by Crippen LogP contribution is -2.58. The minimum absolute atomic E-state index is 0.0314. The number of carbonyl (C=O) groups is 1. The van der Waals surface area contributed by atoms with Gasteiger partial charge in [0, 0.05) is 38.8 Å². The molecule has 0 aromatic carbocycles. The average molecular weight is 291 g/mol. The molecule has 1 saturated heterocycles. The zero-order valence-corrected chi connectivity index (χ0v) is 13.3. The van der Waals surface area contributed by atoms with E-state index in [1.165, 1.54) is 4.31 Å². The third-order valence-corrected chi connectivity index (χ3v) is 5.52. The second kappa shape index (κ2) is 6.09. The molecule has 1 aliphatic heterocycles. The van der Waals surface area contributed by atoms with E-state index < -0.39 is 10.0 Å². The van der Waals surface area contributed by atoms with Crippen LogP contribution in [0.1, 0.15) is 27.7 Å². The molecule has 0 bridgehead atoms. The van der Waals surface area contributed by atoms with Gasteiger partial charge in [0.25, 0.3) is 0 Å². The first-order chi connectivity index (χ1) is 8.70. The third kappa shape index (κ3) is 3.60. The number of piperazine rings is 1. The van der Waals surface area contributed by atoms with E-state index in [-0.39, 0.29) is 23.9 Å². The van der Waals surface area contributed by atoms with E-state index >= 15 is 0 Å². The summed E-state index contributed by atoms with van der Waals surface area (Å²) in [5.74, 6) is 0.111. The third-order valence-electron chi connectivity index (χ3n) is 3.67. The minimum Gasteiger partial charge on any atom is -0.325 e. The summed E-state index contributed by atoms with van der Waals surface area (Å²) in [5.41, 5.74) is 0. The highest BCUT2D eigenvalue weighted by molar-refractivity contribution is 7.89. The summed E-state index contributed by atoms with van der Waals surface area (Å²) in [7, 11) is -1.39. The van der Waals surface area contributed by atoms with Crippen molar-refractivity contribution in [3.8, 4) is 0 Å². The summed E-state index contributed by atoms with van der Waals surface area (Å²) in [6, 6.07) is 0.0110. The number of carbonyl (C=O) groups excluding carboxylic acids is 1. The fourth-order valence-electron chi connectivity index (χ4n) is 2.07. The number of hydrogen-bond acceptors (Lipinski definition) is 3. The van der Waals surface area contributed by atoms with Crippen molar-refractivity contribution in [3.63, 3.8) is 0 Å². The van der Waals surface area contributed by atoms with Crippen LogP contribution in [0.3, 0.4) is 0 Å². The second-order valence-corrected chi connectivity index (χ2v) is 7.55. The lowest BCUT2D eigenvalue weighted by Gasteiger charge is -2.41. The van der Waals surface area contributed by atoms with E-state index in [4.69, 9.17) is 0 Å². The van der Waals surface area contributed by atoms with Crippen LogP contribution in [0.5, 0.6) is 0 Å². The van der Waals surface area contributed by atoms with E-state index in [1.54, 1.807) is 23.8 Å². The highest BCUT2D eigenvalue weighted by Gasteiger charge is 2.33. The molecule has 1 rings (SSSR count). The smallest absolute Gasteiger partial charge is 0.320 e. The molecular formula is C12H25N3O3S. The first-order valence-corrected chi connectivity index (χ1v) is 8.32. The van der Waals surface area contributed by atoms with E-state index in [0.29, 0.717) is 19.6 Å². The van der Waals surface area contributed by atoms with E-state index in [9.17, 15) is 13.2 Å². The van der Waals surface area contributed by atoms with Crippen LogP contribution in [0, 0.1) is 0 Å². The summed E-state index contributed by atoms with van der Waals surface area (Å²) < 4.78 is 25.1. The molecule has 2 amide bonds. The van der Waals surface area contributed by atoms with Gasteiger partial charge in [0.15, 0.2) is 0 Å². The zero-order chi connectivity index (χ0) is 14.8. The number of sulfonamides is 1. The van der Waals surface area contributed by atoms with Gasteiger partial charge in [-0.25, -0.2) is 13.2 Å². The second-order valence-electron chi connectivity index (χ2n) is 5.29. The Morgan fingerprint density at radius 2 is 1.95 bits per heavy atom. The summed E-state index contributed by atoms with van der Waals surface area (Å²) in [6.45, 7) is 8.68. The zero-order valence-electron chi connectivity index (χ0n) is 12.5. The number of amides is 2. The molecule has 0 aromatic rings. The number of nitrogens with zero attached hydrogens (tertiary/aromatic N) is 3. The van der Waals surface area contributed by atoms with Crippen molar-refractivity contribution >= 4 is 16.1 Å². The average Bonchev–Trinajstić information content (AvgIpc) is 2.36. The van der Waals surface area contributed by atoms with Gasteiger partial charge in [-0.15, -0.1) is 0 Å². The molecule has 1 atom stereocenters. The summed E-state index contributed by atoms with van der Waals surface area (Å²) in [4.78, 5) is 15.7. The van der Waals surface area contributed by atoms with E-state index in [2.05, 4.69) is 0 Å². The minimum atomic E-state index is -3.16.